The minimum atomic E-state index is -0.311. The highest BCUT2D eigenvalue weighted by Gasteiger charge is 2.50. The second kappa shape index (κ2) is 5.93. The van der Waals surface area contributed by atoms with Crippen molar-refractivity contribution in [1.29, 1.82) is 0 Å². The molecule has 1 aromatic rings. The summed E-state index contributed by atoms with van der Waals surface area (Å²) in [7, 11) is 0. The van der Waals surface area contributed by atoms with Crippen molar-refractivity contribution < 1.29 is 4.92 Å². The molecule has 1 N–H and O–H groups in total. The van der Waals surface area contributed by atoms with Gasteiger partial charge in [0.2, 0.25) is 0 Å². The number of non-ortho nitro benzene ring substituents is 1. The van der Waals surface area contributed by atoms with E-state index in [9.17, 15) is 10.1 Å². The first kappa shape index (κ1) is 15.9. The second-order valence-corrected chi connectivity index (χ2v) is 7.48. The Hall–Kier alpha value is -0.940. The highest BCUT2D eigenvalue weighted by Crippen LogP contribution is 2.55. The van der Waals surface area contributed by atoms with Crippen molar-refractivity contribution in [2.24, 2.45) is 17.8 Å². The second-order valence-electron chi connectivity index (χ2n) is 7.48. The zero-order chi connectivity index (χ0) is 14.4. The van der Waals surface area contributed by atoms with Gasteiger partial charge in [-0.15, -0.1) is 17.0 Å². The molecule has 0 atom stereocenters. The van der Waals surface area contributed by atoms with E-state index in [1.165, 1.54) is 38.5 Å². The number of nitro groups is 1. The summed E-state index contributed by atoms with van der Waals surface area (Å²) in [4.78, 5) is 10.6. The summed E-state index contributed by atoms with van der Waals surface area (Å²) in [5.41, 5.74) is 1.54. The van der Waals surface area contributed by atoms with Gasteiger partial charge in [-0.3, -0.25) is 10.1 Å². The van der Waals surface area contributed by atoms with Crippen molar-refractivity contribution in [3.63, 3.8) is 0 Å². The molecule has 22 heavy (non-hydrogen) atoms. The molecule has 4 fully saturated rings. The Morgan fingerprint density at radius 3 is 2.27 bits per heavy atom. The summed E-state index contributed by atoms with van der Waals surface area (Å²) >= 11 is 0. The van der Waals surface area contributed by atoms with Crippen molar-refractivity contribution in [2.75, 3.05) is 0 Å². The lowest BCUT2D eigenvalue weighted by molar-refractivity contribution is -0.384. The zero-order valence-corrected chi connectivity index (χ0v) is 14.4. The maximum atomic E-state index is 10.9. The molecule has 1 aromatic carbocycles. The molecule has 0 unspecified atom stereocenters. The normalized spacial score (nSPS) is 35.2. The van der Waals surface area contributed by atoms with Crippen LogP contribution in [0.4, 0.5) is 5.69 Å². The topological polar surface area (TPSA) is 55.2 Å². The van der Waals surface area contributed by atoms with Crippen LogP contribution in [-0.4, -0.2) is 10.5 Å². The summed E-state index contributed by atoms with van der Waals surface area (Å²) in [5, 5.41) is 14.7. The molecule has 0 aliphatic heterocycles. The molecule has 0 saturated heterocycles. The van der Waals surface area contributed by atoms with Gasteiger partial charge in [0, 0.05) is 24.2 Å². The van der Waals surface area contributed by atoms with Crippen LogP contribution in [0.25, 0.3) is 0 Å². The Kier molecular flexibility index (Phi) is 4.29. The first-order chi connectivity index (χ1) is 10.1. The van der Waals surface area contributed by atoms with Gasteiger partial charge in [-0.25, -0.2) is 0 Å². The van der Waals surface area contributed by atoms with Crippen molar-refractivity contribution >= 4 is 22.7 Å². The Morgan fingerprint density at radius 1 is 1.14 bits per heavy atom. The van der Waals surface area contributed by atoms with E-state index >= 15 is 0 Å². The molecule has 0 amide bonds. The molecular weight excluding hydrogens is 344 g/mol. The molecule has 4 saturated carbocycles. The van der Waals surface area contributed by atoms with Crippen LogP contribution in [0.1, 0.15) is 44.1 Å². The number of nitro benzene ring substituents is 1. The minimum Gasteiger partial charge on any atom is -0.307 e. The summed E-state index contributed by atoms with van der Waals surface area (Å²) in [6, 6.07) is 7.04. The first-order valence-corrected chi connectivity index (χ1v) is 8.10. The largest absolute Gasteiger partial charge is 0.307 e. The van der Waals surface area contributed by atoms with Crippen LogP contribution < -0.4 is 5.32 Å². The number of nitrogens with one attached hydrogen (secondary N) is 1. The van der Waals surface area contributed by atoms with Gasteiger partial charge in [0.1, 0.15) is 0 Å². The summed E-state index contributed by atoms with van der Waals surface area (Å²) in [5.74, 6) is 2.77. The van der Waals surface area contributed by atoms with Gasteiger partial charge >= 0.3 is 0 Å². The van der Waals surface area contributed by atoms with Gasteiger partial charge in [-0.2, -0.15) is 0 Å². The van der Waals surface area contributed by atoms with Crippen molar-refractivity contribution in [3.05, 3.63) is 39.9 Å². The molecule has 4 aliphatic rings. The Morgan fingerprint density at radius 2 is 1.73 bits per heavy atom. The van der Waals surface area contributed by atoms with Crippen LogP contribution in [0, 0.1) is 27.9 Å². The third-order valence-corrected chi connectivity index (χ3v) is 5.83. The maximum Gasteiger partial charge on any atom is 0.269 e. The predicted molar refractivity (Wildman–Crippen MR) is 91.2 cm³/mol. The quantitative estimate of drug-likeness (QED) is 0.640. The van der Waals surface area contributed by atoms with Gasteiger partial charge in [-0.1, -0.05) is 12.1 Å². The van der Waals surface area contributed by atoms with E-state index in [1.807, 2.05) is 6.07 Å². The fourth-order valence-corrected chi connectivity index (χ4v) is 5.40. The minimum absolute atomic E-state index is 0. The van der Waals surface area contributed by atoms with E-state index in [2.05, 4.69) is 5.32 Å². The van der Waals surface area contributed by atoms with Crippen LogP contribution in [0.5, 0.6) is 0 Å². The smallest absolute Gasteiger partial charge is 0.269 e. The predicted octanol–water partition coefficient (Wildman–Crippen LogP) is 4.23. The molecule has 5 rings (SSSR count). The maximum absolute atomic E-state index is 10.9. The van der Waals surface area contributed by atoms with Gasteiger partial charge < -0.3 is 5.32 Å². The highest BCUT2D eigenvalue weighted by atomic mass is 79.9. The summed E-state index contributed by atoms with van der Waals surface area (Å²) in [6.45, 7) is 0.758. The first-order valence-electron chi connectivity index (χ1n) is 8.10. The molecule has 120 valence electrons. The van der Waals surface area contributed by atoms with Crippen LogP contribution in [-0.2, 0) is 6.54 Å². The van der Waals surface area contributed by atoms with E-state index in [-0.39, 0.29) is 27.6 Å². The van der Waals surface area contributed by atoms with E-state index in [0.29, 0.717) is 5.54 Å². The fourth-order valence-electron chi connectivity index (χ4n) is 5.40. The van der Waals surface area contributed by atoms with Crippen molar-refractivity contribution in [2.45, 2.75) is 50.6 Å². The molecule has 0 radical (unpaired) electrons. The Labute approximate surface area is 141 Å². The van der Waals surface area contributed by atoms with Gasteiger partial charge in [0.25, 0.3) is 5.69 Å². The monoisotopic (exact) mass is 366 g/mol. The van der Waals surface area contributed by atoms with E-state index < -0.39 is 0 Å². The lowest BCUT2D eigenvalue weighted by Crippen LogP contribution is -2.58. The summed E-state index contributed by atoms with van der Waals surface area (Å²) in [6.07, 6.45) is 8.27. The number of hydrogen-bond donors (Lipinski definition) is 1. The molecule has 0 heterocycles. The van der Waals surface area contributed by atoms with E-state index in [0.717, 1.165) is 29.9 Å². The van der Waals surface area contributed by atoms with Crippen molar-refractivity contribution in [1.82, 2.24) is 5.32 Å². The van der Waals surface area contributed by atoms with Gasteiger partial charge in [0.05, 0.1) is 4.92 Å². The standard InChI is InChI=1S/C17H22N2O2.BrH/c20-19(21)16-3-1-2-12(7-16)11-18-17-8-13-4-14(9-17)6-15(5-13)10-17;/h1-3,7,13-15,18H,4-6,8-11H2;1H. The summed E-state index contributed by atoms with van der Waals surface area (Å²) < 4.78 is 0. The van der Waals surface area contributed by atoms with Gasteiger partial charge in [0.15, 0.2) is 0 Å². The molecule has 4 bridgehead atoms. The highest BCUT2D eigenvalue weighted by molar-refractivity contribution is 8.93. The molecular formula is C17H23BrN2O2. The number of rotatable bonds is 4. The number of benzene rings is 1. The average Bonchev–Trinajstić information content (AvgIpc) is 2.44. The lowest BCUT2D eigenvalue weighted by Gasteiger charge is -2.57. The van der Waals surface area contributed by atoms with Crippen LogP contribution in [0.15, 0.2) is 24.3 Å². The fraction of sp³-hybridized carbons (Fsp3) is 0.647. The number of hydrogen-bond acceptors (Lipinski definition) is 3. The SMILES string of the molecule is Br.O=[N+]([O-])c1cccc(CNC23CC4CC(CC(C4)C2)C3)c1. The van der Waals surface area contributed by atoms with Gasteiger partial charge in [-0.05, 0) is 61.8 Å². The molecule has 4 nitrogen and oxygen atoms in total. The van der Waals surface area contributed by atoms with E-state index in [4.69, 9.17) is 0 Å². The zero-order valence-electron chi connectivity index (χ0n) is 12.7. The number of halogens is 1. The van der Waals surface area contributed by atoms with E-state index in [1.54, 1.807) is 18.2 Å². The number of nitrogens with zero attached hydrogens (tertiary/aromatic N) is 1. The third kappa shape index (κ3) is 2.93. The molecule has 5 heteroatoms. The average molecular weight is 367 g/mol. The van der Waals surface area contributed by atoms with Crippen molar-refractivity contribution in [3.8, 4) is 0 Å². The molecule has 4 aliphatic carbocycles. The lowest BCUT2D eigenvalue weighted by atomic mass is 9.53. The Bertz CT molecular complexity index is 540. The molecule has 0 spiro atoms. The molecule has 0 aromatic heterocycles. The van der Waals surface area contributed by atoms with Crippen LogP contribution in [0.3, 0.4) is 0 Å². The Balaban J connectivity index is 0.00000144. The van der Waals surface area contributed by atoms with Crippen LogP contribution in [0.2, 0.25) is 0 Å². The third-order valence-electron chi connectivity index (χ3n) is 5.83. The van der Waals surface area contributed by atoms with Crippen LogP contribution >= 0.6 is 17.0 Å².